The molecule has 9 nitrogen and oxygen atoms in total. The minimum Gasteiger partial charge on any atom is -0.339 e. The summed E-state index contributed by atoms with van der Waals surface area (Å²) in [5.41, 5.74) is 1.06. The minimum atomic E-state index is -0.323. The number of hydrogen-bond acceptors (Lipinski definition) is 6. The molecule has 0 atom stereocenters. The molecule has 148 valence electrons. The van der Waals surface area contributed by atoms with E-state index in [1.807, 2.05) is 4.90 Å². The lowest BCUT2D eigenvalue weighted by Crippen LogP contribution is -2.50. The summed E-state index contributed by atoms with van der Waals surface area (Å²) < 4.78 is 3.11. The fourth-order valence-electron chi connectivity index (χ4n) is 3.75. The molecule has 0 spiro atoms. The van der Waals surface area contributed by atoms with Gasteiger partial charge >= 0.3 is 0 Å². The number of carbonyl (C=O) groups is 1. The van der Waals surface area contributed by atoms with Gasteiger partial charge in [-0.25, -0.2) is 4.98 Å². The first-order chi connectivity index (χ1) is 13.6. The number of hydrogen-bond donors (Lipinski definition) is 0. The Kier molecular flexibility index (Phi) is 5.08. The van der Waals surface area contributed by atoms with E-state index in [-0.39, 0.29) is 23.7 Å². The van der Waals surface area contributed by atoms with Crippen molar-refractivity contribution in [3.8, 4) is 0 Å². The monoisotopic (exact) mass is 383 g/mol. The predicted octanol–water partition coefficient (Wildman–Crippen LogP) is 0.692. The van der Waals surface area contributed by atoms with Crippen molar-refractivity contribution in [3.63, 3.8) is 0 Å². The fraction of sp³-hybridized carbons (Fsp3) is 0.526. The third-order valence-corrected chi connectivity index (χ3v) is 5.38. The highest BCUT2D eigenvalue weighted by molar-refractivity contribution is 5.80. The maximum atomic E-state index is 13.0. The second-order valence-corrected chi connectivity index (χ2v) is 7.22. The van der Waals surface area contributed by atoms with Crippen molar-refractivity contribution in [1.82, 2.24) is 33.9 Å². The molecule has 0 aromatic carbocycles. The Morgan fingerprint density at radius 1 is 1.14 bits per heavy atom. The van der Waals surface area contributed by atoms with Crippen LogP contribution in [0.25, 0.3) is 16.8 Å². The number of fused-ring (bicyclic) bond motifs is 3. The van der Waals surface area contributed by atoms with Gasteiger partial charge in [-0.1, -0.05) is 13.3 Å². The quantitative estimate of drug-likeness (QED) is 0.644. The van der Waals surface area contributed by atoms with Crippen molar-refractivity contribution < 1.29 is 4.79 Å². The van der Waals surface area contributed by atoms with Gasteiger partial charge in [-0.05, 0) is 32.0 Å². The molecule has 28 heavy (non-hydrogen) atoms. The van der Waals surface area contributed by atoms with Crippen molar-refractivity contribution in [2.24, 2.45) is 0 Å². The van der Waals surface area contributed by atoms with Crippen LogP contribution in [0.15, 0.2) is 23.1 Å². The summed E-state index contributed by atoms with van der Waals surface area (Å²) in [5.74, 6) is 0.542. The van der Waals surface area contributed by atoms with Crippen LogP contribution in [0.4, 0.5) is 0 Å². The second kappa shape index (κ2) is 7.67. The molecule has 0 aliphatic carbocycles. The molecule has 1 saturated heterocycles. The van der Waals surface area contributed by atoms with Crippen LogP contribution < -0.4 is 5.56 Å². The lowest BCUT2D eigenvalue weighted by molar-refractivity contribution is -0.133. The van der Waals surface area contributed by atoms with E-state index in [1.54, 1.807) is 29.7 Å². The van der Waals surface area contributed by atoms with Crippen molar-refractivity contribution >= 4 is 22.7 Å². The molecule has 0 N–H and O–H groups in total. The fourth-order valence-corrected chi connectivity index (χ4v) is 3.75. The van der Waals surface area contributed by atoms with Crippen LogP contribution in [0.5, 0.6) is 0 Å². The molecule has 1 fully saturated rings. The molecule has 0 bridgehead atoms. The summed E-state index contributed by atoms with van der Waals surface area (Å²) in [5, 5.41) is 8.00. The van der Waals surface area contributed by atoms with Crippen molar-refractivity contribution in [3.05, 3.63) is 34.5 Å². The summed E-state index contributed by atoms with van der Waals surface area (Å²) in [6.07, 6.45) is 4.02. The van der Waals surface area contributed by atoms with Gasteiger partial charge in [-0.2, -0.15) is 0 Å². The normalized spacial score (nSPS) is 15.6. The van der Waals surface area contributed by atoms with Gasteiger partial charge in [-0.3, -0.25) is 23.5 Å². The van der Waals surface area contributed by atoms with Gasteiger partial charge in [0.05, 0.1) is 5.52 Å². The van der Waals surface area contributed by atoms with Gasteiger partial charge in [0, 0.05) is 32.4 Å². The maximum absolute atomic E-state index is 13.0. The Bertz CT molecular complexity index is 1060. The summed E-state index contributed by atoms with van der Waals surface area (Å²) >= 11 is 0. The standard InChI is InChI=1S/C19H25N7O2/c1-3-4-8-23-9-11-24(12-10-23)16(27)13-25-15-6-5-7-20-17(15)26-14(2)21-22-18(26)19(25)28/h5-7H,3-4,8-13H2,1-2H3. The first kappa shape index (κ1) is 18.5. The number of rotatable bonds is 5. The highest BCUT2D eigenvalue weighted by Gasteiger charge is 2.23. The highest BCUT2D eigenvalue weighted by atomic mass is 16.2. The third-order valence-electron chi connectivity index (χ3n) is 5.38. The number of pyridine rings is 1. The molecule has 9 heteroatoms. The lowest BCUT2D eigenvalue weighted by atomic mass is 10.2. The largest absolute Gasteiger partial charge is 0.339 e. The molecule has 4 heterocycles. The van der Waals surface area contributed by atoms with Gasteiger partial charge in [0.1, 0.15) is 12.4 Å². The summed E-state index contributed by atoms with van der Waals surface area (Å²) in [6.45, 7) is 8.18. The summed E-state index contributed by atoms with van der Waals surface area (Å²) in [6, 6.07) is 3.57. The van der Waals surface area contributed by atoms with Gasteiger partial charge in [-0.15, -0.1) is 10.2 Å². The zero-order chi connectivity index (χ0) is 19.7. The summed E-state index contributed by atoms with van der Waals surface area (Å²) in [4.78, 5) is 34.5. The average molecular weight is 383 g/mol. The van der Waals surface area contributed by atoms with Crippen LogP contribution in [-0.4, -0.2) is 72.6 Å². The molecular formula is C19H25N7O2. The van der Waals surface area contributed by atoms with E-state index in [9.17, 15) is 9.59 Å². The molecular weight excluding hydrogens is 358 g/mol. The maximum Gasteiger partial charge on any atom is 0.297 e. The zero-order valence-corrected chi connectivity index (χ0v) is 16.3. The van der Waals surface area contributed by atoms with Crippen LogP contribution in [0.1, 0.15) is 25.6 Å². The Balaban J connectivity index is 1.60. The van der Waals surface area contributed by atoms with E-state index < -0.39 is 0 Å². The second-order valence-electron chi connectivity index (χ2n) is 7.22. The SMILES string of the molecule is CCCCN1CCN(C(=O)Cn2c(=O)c3nnc(C)n3c3ncccc32)CC1. The topological polar surface area (TPSA) is 88.6 Å². The summed E-state index contributed by atoms with van der Waals surface area (Å²) in [7, 11) is 0. The van der Waals surface area contributed by atoms with Crippen molar-refractivity contribution in [1.29, 1.82) is 0 Å². The van der Waals surface area contributed by atoms with Gasteiger partial charge < -0.3 is 4.90 Å². The van der Waals surface area contributed by atoms with Gasteiger partial charge in [0.25, 0.3) is 5.56 Å². The number of nitrogens with zero attached hydrogens (tertiary/aromatic N) is 7. The van der Waals surface area contributed by atoms with Crippen LogP contribution in [0, 0.1) is 6.92 Å². The van der Waals surface area contributed by atoms with Crippen molar-refractivity contribution in [2.75, 3.05) is 32.7 Å². The van der Waals surface area contributed by atoms with E-state index in [0.717, 1.165) is 19.6 Å². The molecule has 0 saturated carbocycles. The number of amides is 1. The Morgan fingerprint density at radius 3 is 2.68 bits per heavy atom. The number of aromatic nitrogens is 5. The van der Waals surface area contributed by atoms with Crippen molar-refractivity contribution in [2.45, 2.75) is 33.2 Å². The molecule has 1 aliphatic heterocycles. The Morgan fingerprint density at radius 2 is 1.93 bits per heavy atom. The van der Waals surface area contributed by atoms with Crippen LogP contribution in [0.2, 0.25) is 0 Å². The van der Waals surface area contributed by atoms with E-state index in [4.69, 9.17) is 0 Å². The van der Waals surface area contributed by atoms with Crippen LogP contribution >= 0.6 is 0 Å². The minimum absolute atomic E-state index is 0.0155. The van der Waals surface area contributed by atoms with E-state index in [1.165, 1.54) is 17.4 Å². The number of unbranched alkanes of at least 4 members (excludes halogenated alkanes) is 1. The van der Waals surface area contributed by atoms with Gasteiger partial charge in [0.2, 0.25) is 11.6 Å². The molecule has 0 unspecified atom stereocenters. The average Bonchev–Trinajstić information content (AvgIpc) is 3.11. The Labute approximate surface area is 162 Å². The third kappa shape index (κ3) is 3.26. The molecule has 0 radical (unpaired) electrons. The highest BCUT2D eigenvalue weighted by Crippen LogP contribution is 2.13. The molecule has 1 amide bonds. The first-order valence-corrected chi connectivity index (χ1v) is 9.79. The molecule has 3 aromatic rings. The van der Waals surface area contributed by atoms with Gasteiger partial charge in [0.15, 0.2) is 5.65 Å². The predicted molar refractivity (Wildman–Crippen MR) is 105 cm³/mol. The zero-order valence-electron chi connectivity index (χ0n) is 16.3. The van der Waals surface area contributed by atoms with E-state index in [2.05, 4.69) is 27.0 Å². The molecule has 3 aromatic heterocycles. The van der Waals surface area contributed by atoms with Crippen LogP contribution in [-0.2, 0) is 11.3 Å². The number of piperazine rings is 1. The number of aryl methyl sites for hydroxylation is 1. The molecule has 4 rings (SSSR count). The van der Waals surface area contributed by atoms with Crippen LogP contribution in [0.3, 0.4) is 0 Å². The number of carbonyl (C=O) groups excluding carboxylic acids is 1. The molecule has 1 aliphatic rings. The van der Waals surface area contributed by atoms with E-state index in [0.29, 0.717) is 30.1 Å². The Hall–Kier alpha value is -2.81. The smallest absolute Gasteiger partial charge is 0.297 e. The first-order valence-electron chi connectivity index (χ1n) is 9.79. The lowest BCUT2D eigenvalue weighted by Gasteiger charge is -2.34. The van der Waals surface area contributed by atoms with E-state index >= 15 is 0 Å².